The highest BCUT2D eigenvalue weighted by Crippen LogP contribution is 2.32. The van der Waals surface area contributed by atoms with Crippen LogP contribution in [-0.2, 0) is 6.54 Å². The second-order valence-electron chi connectivity index (χ2n) is 4.69. The number of nitrogen functional groups attached to an aromatic ring is 1. The van der Waals surface area contributed by atoms with Crippen LogP contribution in [0.4, 0.5) is 10.1 Å². The molecular weight excluding hydrogens is 273 g/mol. The average Bonchev–Trinajstić information content (AvgIpc) is 2.87. The van der Waals surface area contributed by atoms with Crippen LogP contribution in [0.2, 0.25) is 0 Å². The first-order chi connectivity index (χ1) is 10.1. The maximum atomic E-state index is 13.5. The number of aryl methyl sites for hydroxylation is 1. The van der Waals surface area contributed by atoms with Crippen molar-refractivity contribution in [2.24, 2.45) is 5.84 Å². The molecule has 0 spiro atoms. The zero-order valence-electron chi connectivity index (χ0n) is 12.1. The molecule has 2 rings (SSSR count). The van der Waals surface area contributed by atoms with Gasteiger partial charge in [0, 0.05) is 17.8 Å². The van der Waals surface area contributed by atoms with Crippen molar-refractivity contribution in [3.05, 3.63) is 41.5 Å². The van der Waals surface area contributed by atoms with Crippen LogP contribution in [0, 0.1) is 5.82 Å². The lowest BCUT2D eigenvalue weighted by Gasteiger charge is -2.21. The first-order valence-electron chi connectivity index (χ1n) is 6.73. The van der Waals surface area contributed by atoms with Gasteiger partial charge in [-0.1, -0.05) is 6.92 Å². The van der Waals surface area contributed by atoms with Gasteiger partial charge >= 0.3 is 0 Å². The van der Waals surface area contributed by atoms with E-state index in [1.807, 2.05) is 6.92 Å². The van der Waals surface area contributed by atoms with Crippen LogP contribution in [0.15, 0.2) is 24.4 Å². The first-order valence-corrected chi connectivity index (χ1v) is 6.73. The number of aromatic nitrogens is 2. The number of hydrogen-bond donors (Lipinski definition) is 3. The molecule has 0 aliphatic carbocycles. The van der Waals surface area contributed by atoms with Crippen molar-refractivity contribution >= 4 is 5.69 Å². The lowest BCUT2D eigenvalue weighted by atomic mass is 10.0. The van der Waals surface area contributed by atoms with Gasteiger partial charge in [-0.2, -0.15) is 5.10 Å². The third-order valence-electron chi connectivity index (χ3n) is 3.30. The van der Waals surface area contributed by atoms with E-state index in [9.17, 15) is 4.39 Å². The fourth-order valence-electron chi connectivity index (χ4n) is 2.33. The maximum absolute atomic E-state index is 13.5. The lowest BCUT2D eigenvalue weighted by Crippen LogP contribution is -2.31. The molecule has 21 heavy (non-hydrogen) atoms. The first kappa shape index (κ1) is 15.3. The SMILES string of the molecule is CCCn1ncc(OC)c1C(NN)c1cc(F)ccc1N. The minimum atomic E-state index is -0.510. The molecule has 1 unspecified atom stereocenters. The Balaban J connectivity index is 2.55. The number of rotatable bonds is 6. The number of hydrazine groups is 1. The van der Waals surface area contributed by atoms with Crippen molar-refractivity contribution in [3.8, 4) is 5.75 Å². The summed E-state index contributed by atoms with van der Waals surface area (Å²) in [4.78, 5) is 0. The van der Waals surface area contributed by atoms with Gasteiger partial charge in [-0.3, -0.25) is 10.5 Å². The molecule has 1 heterocycles. The molecule has 1 aromatic heterocycles. The van der Waals surface area contributed by atoms with Gasteiger partial charge in [0.2, 0.25) is 0 Å². The normalized spacial score (nSPS) is 12.4. The van der Waals surface area contributed by atoms with E-state index in [2.05, 4.69) is 10.5 Å². The van der Waals surface area contributed by atoms with Crippen LogP contribution >= 0.6 is 0 Å². The zero-order chi connectivity index (χ0) is 15.4. The average molecular weight is 293 g/mol. The summed E-state index contributed by atoms with van der Waals surface area (Å²) in [5.41, 5.74) is 10.4. The van der Waals surface area contributed by atoms with E-state index < -0.39 is 6.04 Å². The van der Waals surface area contributed by atoms with E-state index >= 15 is 0 Å². The van der Waals surface area contributed by atoms with E-state index in [1.54, 1.807) is 18.0 Å². The quantitative estimate of drug-likeness (QED) is 0.427. The fourth-order valence-corrected chi connectivity index (χ4v) is 2.33. The molecule has 114 valence electrons. The lowest BCUT2D eigenvalue weighted by molar-refractivity contribution is 0.398. The highest BCUT2D eigenvalue weighted by Gasteiger charge is 2.24. The maximum Gasteiger partial charge on any atom is 0.161 e. The Morgan fingerprint density at radius 2 is 2.24 bits per heavy atom. The highest BCUT2D eigenvalue weighted by atomic mass is 19.1. The standard InChI is InChI=1S/C14H20FN5O/c1-3-6-20-14(12(21-2)8-18-20)13(19-17)10-7-9(15)4-5-11(10)16/h4-5,7-8,13,19H,3,6,16-17H2,1-2H3. The van der Waals surface area contributed by atoms with Crippen molar-refractivity contribution < 1.29 is 9.13 Å². The number of hydrogen-bond acceptors (Lipinski definition) is 5. The van der Waals surface area contributed by atoms with Crippen LogP contribution in [0.1, 0.15) is 30.6 Å². The second kappa shape index (κ2) is 6.55. The van der Waals surface area contributed by atoms with Gasteiger partial charge in [0.05, 0.1) is 19.3 Å². The molecule has 0 saturated carbocycles. The van der Waals surface area contributed by atoms with Crippen molar-refractivity contribution in [3.63, 3.8) is 0 Å². The number of methoxy groups -OCH3 is 1. The molecule has 0 radical (unpaired) electrons. The highest BCUT2D eigenvalue weighted by molar-refractivity contribution is 5.52. The Hall–Kier alpha value is -2.12. The fraction of sp³-hybridized carbons (Fsp3) is 0.357. The summed E-state index contributed by atoms with van der Waals surface area (Å²) in [5, 5.41) is 4.28. The molecule has 0 saturated heterocycles. The largest absolute Gasteiger partial charge is 0.493 e. The van der Waals surface area contributed by atoms with Gasteiger partial charge in [0.25, 0.3) is 0 Å². The molecule has 0 aliphatic rings. The molecule has 7 heteroatoms. The Morgan fingerprint density at radius 3 is 2.86 bits per heavy atom. The van der Waals surface area contributed by atoms with Gasteiger partial charge in [-0.25, -0.2) is 9.82 Å². The third kappa shape index (κ3) is 2.98. The molecule has 2 aromatic rings. The topological polar surface area (TPSA) is 91.1 Å². The van der Waals surface area contributed by atoms with Crippen LogP contribution in [0.25, 0.3) is 0 Å². The van der Waals surface area contributed by atoms with E-state index in [-0.39, 0.29) is 5.82 Å². The van der Waals surface area contributed by atoms with Crippen LogP contribution < -0.4 is 21.7 Å². The van der Waals surface area contributed by atoms with Crippen LogP contribution in [0.3, 0.4) is 0 Å². The summed E-state index contributed by atoms with van der Waals surface area (Å²) in [7, 11) is 1.55. The van der Waals surface area contributed by atoms with Crippen molar-refractivity contribution in [1.29, 1.82) is 0 Å². The van der Waals surface area contributed by atoms with Crippen molar-refractivity contribution in [2.45, 2.75) is 25.9 Å². The number of anilines is 1. The van der Waals surface area contributed by atoms with Gasteiger partial charge in [0.15, 0.2) is 5.75 Å². The molecule has 1 atom stereocenters. The van der Waals surface area contributed by atoms with E-state index in [1.165, 1.54) is 18.2 Å². The van der Waals surface area contributed by atoms with Gasteiger partial charge in [-0.15, -0.1) is 0 Å². The molecule has 6 nitrogen and oxygen atoms in total. The number of halogens is 1. The number of ether oxygens (including phenoxy) is 1. The Kier molecular flexibility index (Phi) is 4.77. The van der Waals surface area contributed by atoms with E-state index in [4.69, 9.17) is 16.3 Å². The van der Waals surface area contributed by atoms with Crippen LogP contribution in [0.5, 0.6) is 5.75 Å². The number of benzene rings is 1. The minimum Gasteiger partial charge on any atom is -0.493 e. The minimum absolute atomic E-state index is 0.375. The number of nitrogens with two attached hydrogens (primary N) is 2. The van der Waals surface area contributed by atoms with Gasteiger partial charge in [0.1, 0.15) is 11.5 Å². The zero-order valence-corrected chi connectivity index (χ0v) is 12.1. The van der Waals surface area contributed by atoms with Gasteiger partial charge in [-0.05, 0) is 24.6 Å². The summed E-state index contributed by atoms with van der Waals surface area (Å²) in [6.07, 6.45) is 2.51. The molecule has 0 aliphatic heterocycles. The molecular formula is C14H20FN5O. The third-order valence-corrected chi connectivity index (χ3v) is 3.30. The summed E-state index contributed by atoms with van der Waals surface area (Å²) in [5.74, 6) is 5.88. The van der Waals surface area contributed by atoms with Crippen molar-refractivity contribution in [1.82, 2.24) is 15.2 Å². The Labute approximate surface area is 122 Å². The smallest absolute Gasteiger partial charge is 0.161 e. The van der Waals surface area contributed by atoms with Crippen LogP contribution in [-0.4, -0.2) is 16.9 Å². The summed E-state index contributed by atoms with van der Waals surface area (Å²) in [6.45, 7) is 2.74. The van der Waals surface area contributed by atoms with Crippen molar-refractivity contribution in [2.75, 3.05) is 12.8 Å². The number of nitrogens with one attached hydrogen (secondary N) is 1. The summed E-state index contributed by atoms with van der Waals surface area (Å²) < 4.78 is 20.7. The van der Waals surface area contributed by atoms with E-state index in [0.29, 0.717) is 23.5 Å². The Bertz CT molecular complexity index is 613. The second-order valence-corrected chi connectivity index (χ2v) is 4.69. The predicted molar refractivity (Wildman–Crippen MR) is 79.0 cm³/mol. The van der Waals surface area contributed by atoms with E-state index in [0.717, 1.165) is 12.1 Å². The molecule has 0 amide bonds. The number of nitrogens with zero attached hydrogens (tertiary/aromatic N) is 2. The molecule has 1 aromatic carbocycles. The van der Waals surface area contributed by atoms with Gasteiger partial charge < -0.3 is 10.5 Å². The molecule has 0 bridgehead atoms. The Morgan fingerprint density at radius 1 is 1.48 bits per heavy atom. The summed E-state index contributed by atoms with van der Waals surface area (Å²) >= 11 is 0. The predicted octanol–water partition coefficient (Wildman–Crippen LogP) is 1.58. The molecule has 0 fully saturated rings. The summed E-state index contributed by atoms with van der Waals surface area (Å²) in [6, 6.07) is 3.68. The molecule has 5 N–H and O–H groups in total. The monoisotopic (exact) mass is 293 g/mol.